The largest absolute Gasteiger partial charge is 0.469 e. The van der Waals surface area contributed by atoms with Crippen LogP contribution in [0.5, 0.6) is 0 Å². The van der Waals surface area contributed by atoms with Crippen LogP contribution < -0.4 is 5.32 Å². The fourth-order valence-electron chi connectivity index (χ4n) is 4.18. The lowest BCUT2D eigenvalue weighted by Gasteiger charge is -2.36. The minimum atomic E-state index is -0.251. The lowest BCUT2D eigenvalue weighted by molar-refractivity contribution is -0.141. The summed E-state index contributed by atoms with van der Waals surface area (Å²) in [4.78, 5) is 24.7. The third kappa shape index (κ3) is 5.58. The topological polar surface area (TPSA) is 55.4 Å². The Morgan fingerprint density at radius 3 is 2.50 bits per heavy atom. The Morgan fingerprint density at radius 1 is 1.19 bits per heavy atom. The van der Waals surface area contributed by atoms with E-state index in [0.29, 0.717) is 24.3 Å². The molecule has 1 N–H and O–H groups in total. The van der Waals surface area contributed by atoms with E-state index in [4.69, 9.17) is 4.74 Å². The maximum absolute atomic E-state index is 12.9. The number of esters is 1. The Morgan fingerprint density at radius 2 is 1.88 bits per heavy atom. The smallest absolute Gasteiger partial charge is 0.306 e. The number of methoxy groups -OCH3 is 1. The summed E-state index contributed by atoms with van der Waals surface area (Å²) in [6, 6.07) is 9.87. The molecule has 1 fully saturated rings. The molecular weight excluding hydrogens is 326 g/mol. The molecule has 2 unspecified atom stereocenters. The maximum atomic E-state index is 12.9. The Labute approximate surface area is 157 Å². The summed E-state index contributed by atoms with van der Waals surface area (Å²) < 4.78 is 4.84. The summed E-state index contributed by atoms with van der Waals surface area (Å²) in [5.41, 5.74) is 1.05. The zero-order chi connectivity index (χ0) is 19.1. The number of hydrogen-bond donors (Lipinski definition) is 1. The number of ether oxygens (including phenoxy) is 1. The van der Waals surface area contributed by atoms with Crippen molar-refractivity contribution >= 4 is 11.9 Å². The van der Waals surface area contributed by atoms with E-state index in [9.17, 15) is 9.59 Å². The van der Waals surface area contributed by atoms with Crippen molar-refractivity contribution in [2.45, 2.75) is 52.4 Å². The van der Waals surface area contributed by atoms with E-state index in [0.717, 1.165) is 18.4 Å². The number of benzene rings is 1. The molecule has 1 aliphatic carbocycles. The second-order valence-electron chi connectivity index (χ2n) is 8.07. The average Bonchev–Trinajstić information content (AvgIpc) is 2.64. The highest BCUT2D eigenvalue weighted by Gasteiger charge is 2.35. The standard InChI is InChI=1S/C22H33NO3/c1-15(2)19-11-10-16(3)12-20(19)22(25)23-14-18(13-21(24)26-4)17-8-6-5-7-9-17/h5-9,15-16,18-20H,10-14H2,1-4H3,(H,23,25)/t16?,18?,19-,20+/m0/s1. The fourth-order valence-corrected chi connectivity index (χ4v) is 4.18. The number of hydrogen-bond acceptors (Lipinski definition) is 3. The summed E-state index contributed by atoms with van der Waals surface area (Å²) in [6.07, 6.45) is 3.57. The van der Waals surface area contributed by atoms with E-state index in [1.165, 1.54) is 13.5 Å². The van der Waals surface area contributed by atoms with Gasteiger partial charge in [0.15, 0.2) is 0 Å². The number of nitrogens with one attached hydrogen (secondary N) is 1. The summed E-state index contributed by atoms with van der Waals surface area (Å²) in [5.74, 6) is 1.46. The van der Waals surface area contributed by atoms with Gasteiger partial charge in [0.1, 0.15) is 0 Å². The van der Waals surface area contributed by atoms with Crippen LogP contribution in [-0.4, -0.2) is 25.5 Å². The summed E-state index contributed by atoms with van der Waals surface area (Å²) >= 11 is 0. The van der Waals surface area contributed by atoms with Crippen LogP contribution in [0.3, 0.4) is 0 Å². The van der Waals surface area contributed by atoms with Gasteiger partial charge in [0.05, 0.1) is 13.5 Å². The zero-order valence-corrected chi connectivity index (χ0v) is 16.5. The minimum Gasteiger partial charge on any atom is -0.469 e. The van der Waals surface area contributed by atoms with E-state index in [-0.39, 0.29) is 30.1 Å². The van der Waals surface area contributed by atoms with Crippen LogP contribution >= 0.6 is 0 Å². The second-order valence-corrected chi connectivity index (χ2v) is 8.07. The van der Waals surface area contributed by atoms with E-state index in [2.05, 4.69) is 26.1 Å². The molecule has 4 atom stereocenters. The molecule has 0 bridgehead atoms. The first kappa shape index (κ1) is 20.5. The summed E-state index contributed by atoms with van der Waals surface area (Å²) in [5, 5.41) is 3.14. The van der Waals surface area contributed by atoms with Gasteiger partial charge in [-0.2, -0.15) is 0 Å². The zero-order valence-electron chi connectivity index (χ0n) is 16.5. The molecule has 1 aromatic carbocycles. The van der Waals surface area contributed by atoms with Crippen molar-refractivity contribution in [1.82, 2.24) is 5.32 Å². The van der Waals surface area contributed by atoms with Crippen LogP contribution in [0.2, 0.25) is 0 Å². The third-order valence-electron chi connectivity index (χ3n) is 5.79. The number of rotatable bonds is 7. The molecule has 1 aliphatic rings. The molecule has 0 aromatic heterocycles. The Balaban J connectivity index is 2.04. The normalized spacial score (nSPS) is 24.1. The summed E-state index contributed by atoms with van der Waals surface area (Å²) in [6.45, 7) is 7.13. The van der Waals surface area contributed by atoms with Gasteiger partial charge in [-0.15, -0.1) is 0 Å². The van der Waals surface area contributed by atoms with Crippen LogP contribution in [0.15, 0.2) is 30.3 Å². The van der Waals surface area contributed by atoms with E-state index in [1.54, 1.807) is 0 Å². The van der Waals surface area contributed by atoms with Crippen LogP contribution in [0, 0.1) is 23.7 Å². The van der Waals surface area contributed by atoms with Crippen molar-refractivity contribution in [3.8, 4) is 0 Å². The van der Waals surface area contributed by atoms with E-state index < -0.39 is 0 Å². The minimum absolute atomic E-state index is 0.0638. The van der Waals surface area contributed by atoms with Gasteiger partial charge in [-0.05, 0) is 36.2 Å². The van der Waals surface area contributed by atoms with Crippen molar-refractivity contribution in [3.05, 3.63) is 35.9 Å². The van der Waals surface area contributed by atoms with Crippen molar-refractivity contribution in [2.75, 3.05) is 13.7 Å². The first-order valence-corrected chi connectivity index (χ1v) is 9.81. The Hall–Kier alpha value is -1.84. The molecule has 0 heterocycles. The SMILES string of the molecule is COC(=O)CC(CNC(=O)[C@@H]1CC(C)CC[C@H]1C(C)C)c1ccccc1. The Kier molecular flexibility index (Phi) is 7.67. The van der Waals surface area contributed by atoms with Gasteiger partial charge in [0, 0.05) is 18.4 Å². The van der Waals surface area contributed by atoms with Gasteiger partial charge >= 0.3 is 5.97 Å². The molecule has 1 saturated carbocycles. The first-order chi connectivity index (χ1) is 12.4. The molecule has 0 radical (unpaired) electrons. The average molecular weight is 360 g/mol. The number of amides is 1. The highest BCUT2D eigenvalue weighted by Crippen LogP contribution is 2.38. The van der Waals surface area contributed by atoms with Gasteiger partial charge < -0.3 is 10.1 Å². The number of carbonyl (C=O) groups excluding carboxylic acids is 2. The van der Waals surface area contributed by atoms with Crippen LogP contribution in [0.1, 0.15) is 57.9 Å². The highest BCUT2D eigenvalue weighted by molar-refractivity contribution is 5.79. The predicted octanol–water partition coefficient (Wildman–Crippen LogP) is 4.16. The monoisotopic (exact) mass is 359 g/mol. The number of carbonyl (C=O) groups is 2. The third-order valence-corrected chi connectivity index (χ3v) is 5.79. The van der Waals surface area contributed by atoms with Gasteiger partial charge in [0.2, 0.25) is 5.91 Å². The van der Waals surface area contributed by atoms with E-state index >= 15 is 0 Å². The molecule has 0 spiro atoms. The molecule has 2 rings (SSSR count). The van der Waals surface area contributed by atoms with Gasteiger partial charge in [-0.3, -0.25) is 9.59 Å². The van der Waals surface area contributed by atoms with Crippen LogP contribution in [-0.2, 0) is 14.3 Å². The second kappa shape index (κ2) is 9.75. The molecule has 144 valence electrons. The van der Waals surface area contributed by atoms with Crippen LogP contribution in [0.4, 0.5) is 0 Å². The molecule has 0 saturated heterocycles. The molecule has 1 aromatic rings. The molecule has 0 aliphatic heterocycles. The lowest BCUT2D eigenvalue weighted by Crippen LogP contribution is -2.41. The molecule has 1 amide bonds. The van der Waals surface area contributed by atoms with Gasteiger partial charge in [-0.1, -0.05) is 57.5 Å². The van der Waals surface area contributed by atoms with Crippen molar-refractivity contribution in [3.63, 3.8) is 0 Å². The van der Waals surface area contributed by atoms with Gasteiger partial charge in [0.25, 0.3) is 0 Å². The van der Waals surface area contributed by atoms with E-state index in [1.807, 2.05) is 30.3 Å². The van der Waals surface area contributed by atoms with Crippen molar-refractivity contribution < 1.29 is 14.3 Å². The van der Waals surface area contributed by atoms with Gasteiger partial charge in [-0.25, -0.2) is 0 Å². The molecule has 4 nitrogen and oxygen atoms in total. The maximum Gasteiger partial charge on any atom is 0.306 e. The lowest BCUT2D eigenvalue weighted by atomic mass is 9.70. The highest BCUT2D eigenvalue weighted by atomic mass is 16.5. The van der Waals surface area contributed by atoms with Crippen molar-refractivity contribution in [1.29, 1.82) is 0 Å². The Bertz CT molecular complexity index is 584. The van der Waals surface area contributed by atoms with Crippen molar-refractivity contribution in [2.24, 2.45) is 23.7 Å². The molecule has 26 heavy (non-hydrogen) atoms. The quantitative estimate of drug-likeness (QED) is 0.744. The molecule has 4 heteroatoms. The van der Waals surface area contributed by atoms with Crippen LogP contribution in [0.25, 0.3) is 0 Å². The first-order valence-electron chi connectivity index (χ1n) is 9.81. The molecular formula is C22H33NO3. The fraction of sp³-hybridized carbons (Fsp3) is 0.636. The predicted molar refractivity (Wildman–Crippen MR) is 104 cm³/mol. The summed E-state index contributed by atoms with van der Waals surface area (Å²) in [7, 11) is 1.40.